The summed E-state index contributed by atoms with van der Waals surface area (Å²) in [7, 11) is 0. The maximum absolute atomic E-state index is 12.2. The predicted molar refractivity (Wildman–Crippen MR) is 110 cm³/mol. The first-order chi connectivity index (χ1) is 12.1. The first-order valence-corrected chi connectivity index (χ1v) is 9.54. The van der Waals surface area contributed by atoms with Gasteiger partial charge in [0, 0.05) is 6.54 Å². The summed E-state index contributed by atoms with van der Waals surface area (Å²) in [6.07, 6.45) is 10.5. The molecule has 0 aliphatic heterocycles. The molecule has 1 aliphatic carbocycles. The second-order valence-corrected chi connectivity index (χ2v) is 7.14. The molecule has 146 valence electrons. The molecule has 26 heavy (non-hydrogen) atoms. The van der Waals surface area contributed by atoms with Gasteiger partial charge in [-0.15, -0.1) is 12.4 Å². The van der Waals surface area contributed by atoms with Crippen LogP contribution >= 0.6 is 12.4 Å². The third-order valence-corrected chi connectivity index (χ3v) is 4.85. The zero-order valence-corrected chi connectivity index (χ0v) is 16.6. The van der Waals surface area contributed by atoms with Crippen LogP contribution in [-0.4, -0.2) is 17.4 Å². The number of halogens is 1. The molecule has 0 aromatic heterocycles. The van der Waals surface area contributed by atoms with Crippen molar-refractivity contribution >= 4 is 24.3 Å². The van der Waals surface area contributed by atoms with Gasteiger partial charge in [-0.2, -0.15) is 0 Å². The highest BCUT2D eigenvalue weighted by atomic mass is 35.5. The molecular weight excluding hydrogens is 348 g/mol. The number of carbonyl (C=O) groups is 1. The standard InChI is InChI=1S/C20H32N4O.ClH/c1-2-3-4-5-6-7-8-16-9-11-17(12-10-16)15-23-18(25)20(13-14-20)24-19(21)22;/h9-12H,2-8,13-15H2,1H3,(H,23,25)(H4,21,22,24);1H. The van der Waals surface area contributed by atoms with E-state index in [0.29, 0.717) is 6.54 Å². The third-order valence-electron chi connectivity index (χ3n) is 4.85. The van der Waals surface area contributed by atoms with Gasteiger partial charge in [-0.05, 0) is 36.8 Å². The van der Waals surface area contributed by atoms with Crippen LogP contribution in [0.15, 0.2) is 24.3 Å². The van der Waals surface area contributed by atoms with Gasteiger partial charge in [-0.25, -0.2) is 0 Å². The average molecular weight is 381 g/mol. The number of amides is 1. The van der Waals surface area contributed by atoms with Crippen molar-refractivity contribution in [2.75, 3.05) is 0 Å². The summed E-state index contributed by atoms with van der Waals surface area (Å²) in [5, 5.41) is 13.0. The van der Waals surface area contributed by atoms with Crippen molar-refractivity contribution in [3.05, 3.63) is 35.4 Å². The number of benzene rings is 1. The van der Waals surface area contributed by atoms with E-state index in [1.54, 1.807) is 0 Å². The SMILES string of the molecule is CCCCCCCCc1ccc(CNC(=O)C2(NC(=N)N)CC2)cc1.Cl. The molecule has 1 aromatic carbocycles. The molecule has 2 rings (SSSR count). The molecule has 0 bridgehead atoms. The minimum Gasteiger partial charge on any atom is -0.370 e. The molecule has 6 heteroatoms. The second kappa shape index (κ2) is 11.1. The molecule has 0 atom stereocenters. The number of carbonyl (C=O) groups excluding carboxylic acids is 1. The van der Waals surface area contributed by atoms with E-state index in [1.807, 2.05) is 0 Å². The first-order valence-electron chi connectivity index (χ1n) is 9.54. The summed E-state index contributed by atoms with van der Waals surface area (Å²) in [5.74, 6) is -0.217. The van der Waals surface area contributed by atoms with E-state index in [0.717, 1.165) is 24.8 Å². The monoisotopic (exact) mass is 380 g/mol. The lowest BCUT2D eigenvalue weighted by Gasteiger charge is -2.17. The number of nitrogens with one attached hydrogen (secondary N) is 3. The zero-order valence-electron chi connectivity index (χ0n) is 15.8. The fraction of sp³-hybridized carbons (Fsp3) is 0.600. The number of nitrogens with two attached hydrogens (primary N) is 1. The van der Waals surface area contributed by atoms with Gasteiger partial charge in [0.05, 0.1) is 0 Å². The summed E-state index contributed by atoms with van der Waals surface area (Å²) in [4.78, 5) is 12.2. The normalized spacial score (nSPS) is 14.2. The molecule has 5 nitrogen and oxygen atoms in total. The summed E-state index contributed by atoms with van der Waals surface area (Å²) in [6, 6.07) is 8.50. The molecule has 0 spiro atoms. The highest BCUT2D eigenvalue weighted by Gasteiger charge is 2.50. The Morgan fingerprint density at radius 3 is 2.23 bits per heavy atom. The van der Waals surface area contributed by atoms with Crippen LogP contribution in [0.25, 0.3) is 0 Å². The fourth-order valence-electron chi connectivity index (χ4n) is 3.08. The number of rotatable bonds is 11. The van der Waals surface area contributed by atoms with Gasteiger partial charge in [-0.3, -0.25) is 10.2 Å². The molecule has 0 heterocycles. The molecule has 1 saturated carbocycles. The molecular formula is C20H33ClN4O. The summed E-state index contributed by atoms with van der Waals surface area (Å²) >= 11 is 0. The fourth-order valence-corrected chi connectivity index (χ4v) is 3.08. The quantitative estimate of drug-likeness (QED) is 0.268. The minimum absolute atomic E-state index is 0. The molecule has 0 saturated heterocycles. The van der Waals surface area contributed by atoms with Gasteiger partial charge >= 0.3 is 0 Å². The van der Waals surface area contributed by atoms with E-state index >= 15 is 0 Å². The minimum atomic E-state index is -0.649. The maximum Gasteiger partial charge on any atom is 0.246 e. The van der Waals surface area contributed by atoms with Gasteiger partial charge in [0.2, 0.25) is 5.91 Å². The molecule has 5 N–H and O–H groups in total. The van der Waals surface area contributed by atoms with Crippen molar-refractivity contribution in [1.82, 2.24) is 10.6 Å². The Hall–Kier alpha value is -1.75. The number of hydrogen-bond donors (Lipinski definition) is 4. The van der Waals surface area contributed by atoms with Crippen molar-refractivity contribution in [3.63, 3.8) is 0 Å². The van der Waals surface area contributed by atoms with Crippen LogP contribution in [0, 0.1) is 5.41 Å². The van der Waals surface area contributed by atoms with Gasteiger partial charge in [0.15, 0.2) is 5.96 Å². The van der Waals surface area contributed by atoms with Gasteiger partial charge in [0.25, 0.3) is 0 Å². The average Bonchev–Trinajstić information content (AvgIpc) is 3.37. The predicted octanol–water partition coefficient (Wildman–Crippen LogP) is 3.64. The molecule has 0 unspecified atom stereocenters. The molecule has 1 fully saturated rings. The van der Waals surface area contributed by atoms with E-state index in [2.05, 4.69) is 41.8 Å². The Kier molecular flexibility index (Phi) is 9.49. The smallest absolute Gasteiger partial charge is 0.246 e. The Bertz CT molecular complexity index is 570. The lowest BCUT2D eigenvalue weighted by atomic mass is 10.0. The Labute approximate surface area is 163 Å². The summed E-state index contributed by atoms with van der Waals surface area (Å²) in [5.41, 5.74) is 7.16. The first kappa shape index (κ1) is 22.3. The van der Waals surface area contributed by atoms with Gasteiger partial charge < -0.3 is 16.4 Å². The van der Waals surface area contributed by atoms with Crippen LogP contribution in [0.3, 0.4) is 0 Å². The van der Waals surface area contributed by atoms with Gasteiger partial charge in [0.1, 0.15) is 5.54 Å². The lowest BCUT2D eigenvalue weighted by Crippen LogP contribution is -2.50. The number of aryl methyl sites for hydroxylation is 1. The Morgan fingerprint density at radius 1 is 1.08 bits per heavy atom. The van der Waals surface area contributed by atoms with Crippen LogP contribution in [0.4, 0.5) is 0 Å². The van der Waals surface area contributed by atoms with E-state index in [-0.39, 0.29) is 24.3 Å². The lowest BCUT2D eigenvalue weighted by molar-refractivity contribution is -0.123. The Morgan fingerprint density at radius 2 is 1.65 bits per heavy atom. The van der Waals surface area contributed by atoms with E-state index in [1.165, 1.54) is 44.1 Å². The van der Waals surface area contributed by atoms with E-state index in [4.69, 9.17) is 11.1 Å². The van der Waals surface area contributed by atoms with E-state index < -0.39 is 5.54 Å². The Balaban J connectivity index is 0.00000338. The van der Waals surface area contributed by atoms with Crippen LogP contribution in [0.2, 0.25) is 0 Å². The summed E-state index contributed by atoms with van der Waals surface area (Å²) in [6.45, 7) is 2.76. The van der Waals surface area contributed by atoms with Gasteiger partial charge in [-0.1, -0.05) is 63.3 Å². The molecule has 1 aromatic rings. The van der Waals surface area contributed by atoms with Crippen molar-refractivity contribution < 1.29 is 4.79 Å². The maximum atomic E-state index is 12.2. The molecule has 0 radical (unpaired) electrons. The van der Waals surface area contributed by atoms with Crippen molar-refractivity contribution in [3.8, 4) is 0 Å². The highest BCUT2D eigenvalue weighted by Crippen LogP contribution is 2.35. The van der Waals surface area contributed by atoms with Crippen molar-refractivity contribution in [2.24, 2.45) is 5.73 Å². The van der Waals surface area contributed by atoms with Crippen LogP contribution in [0.5, 0.6) is 0 Å². The van der Waals surface area contributed by atoms with Crippen LogP contribution < -0.4 is 16.4 Å². The van der Waals surface area contributed by atoms with Crippen molar-refractivity contribution in [1.29, 1.82) is 5.41 Å². The number of hydrogen-bond acceptors (Lipinski definition) is 2. The van der Waals surface area contributed by atoms with Crippen LogP contribution in [-0.2, 0) is 17.8 Å². The number of unbranched alkanes of at least 4 members (excludes halogenated alkanes) is 5. The molecule has 1 amide bonds. The second-order valence-electron chi connectivity index (χ2n) is 7.14. The van der Waals surface area contributed by atoms with Crippen LogP contribution in [0.1, 0.15) is 69.4 Å². The zero-order chi connectivity index (χ0) is 18.1. The van der Waals surface area contributed by atoms with Crippen molar-refractivity contribution in [2.45, 2.75) is 76.8 Å². The number of guanidine groups is 1. The van der Waals surface area contributed by atoms with E-state index in [9.17, 15) is 4.79 Å². The topological polar surface area (TPSA) is 91.0 Å². The third kappa shape index (κ3) is 7.24. The summed E-state index contributed by atoms with van der Waals surface area (Å²) < 4.78 is 0. The largest absolute Gasteiger partial charge is 0.370 e. The molecule has 1 aliphatic rings. The highest BCUT2D eigenvalue weighted by molar-refractivity contribution is 5.93.